The molecule has 0 aliphatic carbocycles. The SMILES string of the molecule is Cc1ccc(C=CC(=O)Nc2ccc3c(c2)CCCN3C(=O)OC(C)(C)C)o1. The molecule has 3 rings (SSSR count). The normalized spacial score (nSPS) is 14.1. The van der Waals surface area contributed by atoms with Gasteiger partial charge in [0.05, 0.1) is 5.69 Å². The number of fused-ring (bicyclic) bond motifs is 1. The number of nitrogens with one attached hydrogen (secondary N) is 1. The van der Waals surface area contributed by atoms with Crippen LogP contribution in [0, 0.1) is 6.92 Å². The molecule has 0 fully saturated rings. The van der Waals surface area contributed by atoms with Crippen molar-refractivity contribution >= 4 is 29.5 Å². The highest BCUT2D eigenvalue weighted by Crippen LogP contribution is 2.31. The van der Waals surface area contributed by atoms with Crippen molar-refractivity contribution in [2.24, 2.45) is 0 Å². The molecule has 28 heavy (non-hydrogen) atoms. The molecule has 1 aliphatic heterocycles. The van der Waals surface area contributed by atoms with Gasteiger partial charge in [0.1, 0.15) is 17.1 Å². The average Bonchev–Trinajstić information content (AvgIpc) is 3.03. The topological polar surface area (TPSA) is 71.8 Å². The highest BCUT2D eigenvalue weighted by atomic mass is 16.6. The molecule has 1 N–H and O–H groups in total. The Morgan fingerprint density at radius 3 is 2.68 bits per heavy atom. The Kier molecular flexibility index (Phi) is 5.58. The van der Waals surface area contributed by atoms with Crippen LogP contribution < -0.4 is 10.2 Å². The maximum absolute atomic E-state index is 12.5. The first-order valence-electron chi connectivity index (χ1n) is 9.40. The van der Waals surface area contributed by atoms with E-state index in [1.165, 1.54) is 6.08 Å². The van der Waals surface area contributed by atoms with Crippen molar-refractivity contribution in [1.82, 2.24) is 0 Å². The zero-order valence-electron chi connectivity index (χ0n) is 16.7. The van der Waals surface area contributed by atoms with Crippen LogP contribution in [0.3, 0.4) is 0 Å². The number of hydrogen-bond donors (Lipinski definition) is 1. The van der Waals surface area contributed by atoms with E-state index in [4.69, 9.17) is 9.15 Å². The van der Waals surface area contributed by atoms with Gasteiger partial charge in [-0.3, -0.25) is 9.69 Å². The second kappa shape index (κ2) is 7.92. The molecule has 0 spiro atoms. The van der Waals surface area contributed by atoms with Crippen LogP contribution in [0.1, 0.15) is 44.3 Å². The van der Waals surface area contributed by atoms with E-state index in [0.29, 0.717) is 18.0 Å². The zero-order chi connectivity index (χ0) is 20.3. The molecule has 2 aromatic rings. The number of rotatable bonds is 3. The standard InChI is InChI=1S/C22H26N2O4/c1-15-7-9-18(27-15)10-12-20(25)23-17-8-11-19-16(14-17)6-5-13-24(19)21(26)28-22(2,3)4/h7-12,14H,5-6,13H2,1-4H3,(H,23,25). The van der Waals surface area contributed by atoms with Crippen molar-refractivity contribution in [2.75, 3.05) is 16.8 Å². The molecule has 1 aromatic heterocycles. The van der Waals surface area contributed by atoms with E-state index in [1.807, 2.05) is 52.0 Å². The quantitative estimate of drug-likeness (QED) is 0.764. The van der Waals surface area contributed by atoms with E-state index in [0.717, 1.165) is 29.9 Å². The Balaban J connectivity index is 1.69. The molecule has 6 nitrogen and oxygen atoms in total. The molecule has 0 unspecified atom stereocenters. The number of carbonyl (C=O) groups excluding carboxylic acids is 2. The van der Waals surface area contributed by atoms with E-state index in [2.05, 4.69) is 5.32 Å². The molecular weight excluding hydrogens is 356 g/mol. The first-order chi connectivity index (χ1) is 13.2. The Morgan fingerprint density at radius 2 is 2.00 bits per heavy atom. The van der Waals surface area contributed by atoms with Crippen molar-refractivity contribution in [3.8, 4) is 0 Å². The molecule has 0 atom stereocenters. The summed E-state index contributed by atoms with van der Waals surface area (Å²) >= 11 is 0. The minimum absolute atomic E-state index is 0.242. The van der Waals surface area contributed by atoms with Gasteiger partial charge in [-0.2, -0.15) is 0 Å². The maximum atomic E-state index is 12.5. The molecular formula is C22H26N2O4. The van der Waals surface area contributed by atoms with Gasteiger partial charge in [-0.1, -0.05) is 0 Å². The van der Waals surface area contributed by atoms with Gasteiger partial charge in [-0.25, -0.2) is 4.79 Å². The van der Waals surface area contributed by atoms with Crippen LogP contribution >= 0.6 is 0 Å². The Morgan fingerprint density at radius 1 is 1.21 bits per heavy atom. The van der Waals surface area contributed by atoms with E-state index in [9.17, 15) is 9.59 Å². The number of aryl methyl sites for hydroxylation is 2. The number of ether oxygens (including phenoxy) is 1. The Hall–Kier alpha value is -3.02. The number of anilines is 2. The fourth-order valence-electron chi connectivity index (χ4n) is 3.07. The highest BCUT2D eigenvalue weighted by molar-refractivity contribution is 6.02. The van der Waals surface area contributed by atoms with Crippen LogP contribution in [0.2, 0.25) is 0 Å². The third-order valence-electron chi connectivity index (χ3n) is 4.24. The van der Waals surface area contributed by atoms with Crippen LogP contribution in [-0.2, 0) is 16.0 Å². The van der Waals surface area contributed by atoms with Gasteiger partial charge in [0, 0.05) is 18.3 Å². The van der Waals surface area contributed by atoms with Gasteiger partial charge < -0.3 is 14.5 Å². The molecule has 1 aromatic carbocycles. The summed E-state index contributed by atoms with van der Waals surface area (Å²) in [6.07, 6.45) is 4.42. The molecule has 148 valence electrons. The van der Waals surface area contributed by atoms with Gasteiger partial charge in [0.15, 0.2) is 0 Å². The molecule has 2 amide bonds. The molecule has 0 radical (unpaired) electrons. The van der Waals surface area contributed by atoms with Crippen molar-refractivity contribution in [3.63, 3.8) is 0 Å². The largest absolute Gasteiger partial charge is 0.462 e. The zero-order valence-corrected chi connectivity index (χ0v) is 16.7. The molecule has 0 saturated carbocycles. The molecule has 0 bridgehead atoms. The lowest BCUT2D eigenvalue weighted by molar-refractivity contribution is -0.111. The summed E-state index contributed by atoms with van der Waals surface area (Å²) in [6, 6.07) is 9.22. The summed E-state index contributed by atoms with van der Waals surface area (Å²) in [7, 11) is 0. The smallest absolute Gasteiger partial charge is 0.414 e. The second-order valence-corrected chi connectivity index (χ2v) is 7.85. The van der Waals surface area contributed by atoms with Crippen molar-refractivity contribution in [1.29, 1.82) is 0 Å². The number of benzene rings is 1. The fourth-order valence-corrected chi connectivity index (χ4v) is 3.07. The number of furan rings is 1. The maximum Gasteiger partial charge on any atom is 0.414 e. The predicted octanol–water partition coefficient (Wildman–Crippen LogP) is 4.93. The van der Waals surface area contributed by atoms with Crippen LogP contribution in [0.4, 0.5) is 16.2 Å². The summed E-state index contributed by atoms with van der Waals surface area (Å²) in [6.45, 7) is 8.04. The van der Waals surface area contributed by atoms with Gasteiger partial charge in [-0.05, 0) is 82.5 Å². The summed E-state index contributed by atoms with van der Waals surface area (Å²) < 4.78 is 10.9. The van der Waals surface area contributed by atoms with Crippen molar-refractivity contribution < 1.29 is 18.7 Å². The number of carbonyl (C=O) groups is 2. The summed E-state index contributed by atoms with van der Waals surface area (Å²) in [5.41, 5.74) is 2.00. The van der Waals surface area contributed by atoms with Gasteiger partial charge in [-0.15, -0.1) is 0 Å². The van der Waals surface area contributed by atoms with E-state index >= 15 is 0 Å². The minimum atomic E-state index is -0.540. The van der Waals surface area contributed by atoms with E-state index in [1.54, 1.807) is 17.0 Å². The lowest BCUT2D eigenvalue weighted by Crippen LogP contribution is -2.39. The summed E-state index contributed by atoms with van der Waals surface area (Å²) in [5.74, 6) is 1.18. The van der Waals surface area contributed by atoms with E-state index in [-0.39, 0.29) is 12.0 Å². The minimum Gasteiger partial charge on any atom is -0.462 e. The van der Waals surface area contributed by atoms with Gasteiger partial charge in [0.25, 0.3) is 0 Å². The second-order valence-electron chi connectivity index (χ2n) is 7.85. The summed E-state index contributed by atoms with van der Waals surface area (Å²) in [4.78, 5) is 26.3. The van der Waals surface area contributed by atoms with Crippen molar-refractivity contribution in [2.45, 2.75) is 46.1 Å². The van der Waals surface area contributed by atoms with E-state index < -0.39 is 5.60 Å². The van der Waals surface area contributed by atoms with Gasteiger partial charge >= 0.3 is 6.09 Å². The highest BCUT2D eigenvalue weighted by Gasteiger charge is 2.27. The predicted molar refractivity (Wildman–Crippen MR) is 109 cm³/mol. The molecule has 2 heterocycles. The lowest BCUT2D eigenvalue weighted by Gasteiger charge is -2.32. The van der Waals surface area contributed by atoms with Crippen LogP contribution in [0.5, 0.6) is 0 Å². The van der Waals surface area contributed by atoms with Crippen LogP contribution in [-0.4, -0.2) is 24.1 Å². The first-order valence-corrected chi connectivity index (χ1v) is 9.40. The first kappa shape index (κ1) is 19.7. The number of nitrogens with zero attached hydrogens (tertiary/aromatic N) is 1. The molecule has 0 saturated heterocycles. The summed E-state index contributed by atoms with van der Waals surface area (Å²) in [5, 5.41) is 2.85. The monoisotopic (exact) mass is 382 g/mol. The Bertz CT molecular complexity index is 906. The van der Waals surface area contributed by atoms with Crippen LogP contribution in [0.15, 0.2) is 40.8 Å². The number of hydrogen-bond acceptors (Lipinski definition) is 4. The van der Waals surface area contributed by atoms with Gasteiger partial charge in [0.2, 0.25) is 5.91 Å². The lowest BCUT2D eigenvalue weighted by atomic mass is 10.0. The third kappa shape index (κ3) is 5.03. The molecule has 6 heteroatoms. The number of amides is 2. The average molecular weight is 382 g/mol. The Labute approximate surface area is 165 Å². The fraction of sp³-hybridized carbons (Fsp3) is 0.364. The van der Waals surface area contributed by atoms with Crippen LogP contribution in [0.25, 0.3) is 6.08 Å². The third-order valence-corrected chi connectivity index (χ3v) is 4.24. The van der Waals surface area contributed by atoms with Crippen molar-refractivity contribution in [3.05, 3.63) is 53.5 Å². The molecule has 1 aliphatic rings.